The summed E-state index contributed by atoms with van der Waals surface area (Å²) in [5.41, 5.74) is 22.8. The van der Waals surface area contributed by atoms with E-state index in [1.807, 2.05) is 0 Å². The SMILES string of the molecule is c1ccc(-c2c3ccccc3c(-c3ccc(-c4cc5ccccc5c5ccccc45)cc3)c3ccccc23)cc1.c1ccc2c(-c3c4ccccc4c(-c4ccc(-c5cc6ccccc6c6ccccc56)cc4)c4ccccc34)cccc2c1.c1ccc2cc(-c3ccc(-c4c5ccccc5c(-c5cc6ccccc6c6ccccc56)c5ccccc45)cc3)ccc2c1. The second-order valence-corrected chi connectivity index (χ2v) is 33.8. The van der Waals surface area contributed by atoms with E-state index in [0.717, 1.165) is 0 Å². The lowest BCUT2D eigenvalue weighted by Gasteiger charge is -2.19. The minimum absolute atomic E-state index is 1.23. The van der Waals surface area contributed by atoms with Crippen LogP contribution in [0.3, 0.4) is 0 Å². The standard InChI is InChI=1S/2C44H28.C40H26/c1-3-15-33-29(12-1)14-11-23-37(33)44-40-21-9-7-19-38(40)43(39-20-8-10-22-41(39)44)31-26-24-30(25-27-31)42-28-32-13-2-4-16-34(32)35-17-5-6-18-36(35)42;1-2-12-32-27-33(26-23-29(32)11-1)30-21-24-31(25-22-30)43-38-17-7-9-19-40(38)44(41-20-10-8-18-39(41)43)42-28-34-13-3-4-14-35(34)36-15-5-6-16-37(36)42;1-2-12-28(13-3-1)39-34-18-8-10-20-36(34)40(37-21-11-9-19-35(37)39)29-24-22-27(23-25-29)38-26-30-14-4-5-15-31(30)32-16-6-7-17-33(32)38/h2*1-28H;1-26H. The van der Waals surface area contributed by atoms with Crippen molar-refractivity contribution in [1.82, 2.24) is 0 Å². The van der Waals surface area contributed by atoms with Crippen molar-refractivity contribution in [2.24, 2.45) is 0 Å². The van der Waals surface area contributed by atoms with Crippen molar-refractivity contribution in [2.45, 2.75) is 0 Å². The Labute approximate surface area is 743 Å². The molecule has 0 aromatic heterocycles. The molecule has 0 spiro atoms. The number of hydrogen-bond donors (Lipinski definition) is 0. The summed E-state index contributed by atoms with van der Waals surface area (Å²) >= 11 is 0. The first-order valence-corrected chi connectivity index (χ1v) is 44.4. The monoisotopic (exact) mass is 1620 g/mol. The first-order chi connectivity index (χ1) is 63.5. The van der Waals surface area contributed by atoms with E-state index >= 15 is 0 Å². The van der Waals surface area contributed by atoms with Crippen LogP contribution < -0.4 is 0 Å². The predicted molar refractivity (Wildman–Crippen MR) is 553 cm³/mol. The summed E-state index contributed by atoms with van der Waals surface area (Å²) in [6.45, 7) is 0. The smallest absolute Gasteiger partial charge is 0.00199 e. The molecule has 0 saturated heterocycles. The van der Waals surface area contributed by atoms with Crippen molar-refractivity contribution in [3.05, 3.63) is 497 Å². The average Bonchev–Trinajstić information content (AvgIpc) is 0.709. The van der Waals surface area contributed by atoms with E-state index in [9.17, 15) is 0 Å². The van der Waals surface area contributed by atoms with Crippen LogP contribution in [-0.2, 0) is 0 Å². The normalized spacial score (nSPS) is 11.6. The second-order valence-electron chi connectivity index (χ2n) is 33.8. The minimum Gasteiger partial charge on any atom is -0.0622 e. The number of hydrogen-bond acceptors (Lipinski definition) is 0. The number of rotatable bonds is 9. The summed E-state index contributed by atoms with van der Waals surface area (Å²) in [6.07, 6.45) is 0. The molecule has 0 amide bonds. The van der Waals surface area contributed by atoms with Gasteiger partial charge in [-0.1, -0.05) is 473 Å². The predicted octanol–water partition coefficient (Wildman–Crippen LogP) is 36.2. The van der Waals surface area contributed by atoms with Crippen LogP contribution in [0, 0.1) is 0 Å². The molecular weight excluding hydrogens is 1540 g/mol. The Bertz CT molecular complexity index is 8730. The van der Waals surface area contributed by atoms with E-state index < -0.39 is 0 Å². The third kappa shape index (κ3) is 13.0. The molecule has 594 valence electrons. The highest BCUT2D eigenvalue weighted by Crippen LogP contribution is 2.51. The van der Waals surface area contributed by atoms with Crippen molar-refractivity contribution in [3.63, 3.8) is 0 Å². The third-order valence-corrected chi connectivity index (χ3v) is 26.7. The summed E-state index contributed by atoms with van der Waals surface area (Å²) < 4.78 is 0. The maximum Gasteiger partial charge on any atom is -0.00199 e. The van der Waals surface area contributed by atoms with Crippen molar-refractivity contribution in [2.75, 3.05) is 0 Å². The number of fused-ring (bicyclic) bond motifs is 17. The van der Waals surface area contributed by atoms with Gasteiger partial charge < -0.3 is 0 Å². The van der Waals surface area contributed by atoms with Gasteiger partial charge in [0.2, 0.25) is 0 Å². The second kappa shape index (κ2) is 31.9. The van der Waals surface area contributed by atoms with Gasteiger partial charge in [0.05, 0.1) is 0 Å². The van der Waals surface area contributed by atoms with Crippen LogP contribution in [0.15, 0.2) is 497 Å². The van der Waals surface area contributed by atoms with Gasteiger partial charge in [0, 0.05) is 0 Å². The zero-order valence-corrected chi connectivity index (χ0v) is 70.3. The van der Waals surface area contributed by atoms with E-state index in [-0.39, 0.29) is 0 Å². The quantitative estimate of drug-likeness (QED) is 0.0998. The summed E-state index contributed by atoms with van der Waals surface area (Å²) in [4.78, 5) is 0. The Kier molecular flexibility index (Phi) is 18.7. The molecular formula is C128H82. The van der Waals surface area contributed by atoms with E-state index in [0.29, 0.717) is 0 Å². The van der Waals surface area contributed by atoms with Gasteiger partial charge in [-0.2, -0.15) is 0 Å². The molecule has 0 aliphatic carbocycles. The zero-order chi connectivity index (χ0) is 84.5. The highest BCUT2D eigenvalue weighted by molar-refractivity contribution is 6.28. The average molecular weight is 1620 g/mol. The molecule has 26 rings (SSSR count). The molecule has 0 bridgehead atoms. The van der Waals surface area contributed by atoms with Crippen LogP contribution >= 0.6 is 0 Å². The fraction of sp³-hybridized carbons (Fsp3) is 0. The van der Waals surface area contributed by atoms with Gasteiger partial charge in [-0.05, 0) is 275 Å². The molecule has 128 heavy (non-hydrogen) atoms. The molecule has 0 N–H and O–H groups in total. The van der Waals surface area contributed by atoms with Gasteiger partial charge in [-0.3, -0.25) is 0 Å². The Morgan fingerprint density at radius 3 is 0.672 bits per heavy atom. The first-order valence-electron chi connectivity index (χ1n) is 44.4. The van der Waals surface area contributed by atoms with Crippen molar-refractivity contribution in [3.8, 4) is 100 Å². The van der Waals surface area contributed by atoms with Gasteiger partial charge in [0.1, 0.15) is 0 Å². The molecule has 0 saturated carbocycles. The highest BCUT2D eigenvalue weighted by Gasteiger charge is 2.24. The molecule has 0 aliphatic rings. The maximum atomic E-state index is 2.39. The first kappa shape index (κ1) is 75.1. The van der Waals surface area contributed by atoms with Crippen LogP contribution in [0.1, 0.15) is 0 Å². The zero-order valence-electron chi connectivity index (χ0n) is 70.3. The Morgan fingerprint density at radius 2 is 0.305 bits per heavy atom. The minimum atomic E-state index is 1.23. The van der Waals surface area contributed by atoms with Crippen LogP contribution in [0.5, 0.6) is 0 Å². The van der Waals surface area contributed by atoms with E-state index in [1.165, 1.54) is 251 Å². The number of benzene rings is 26. The van der Waals surface area contributed by atoms with Crippen molar-refractivity contribution >= 4 is 151 Å². The van der Waals surface area contributed by atoms with E-state index in [2.05, 4.69) is 497 Å². The lowest BCUT2D eigenvalue weighted by atomic mass is 9.83. The largest absolute Gasteiger partial charge is 0.0622 e. The third-order valence-electron chi connectivity index (χ3n) is 26.7. The molecule has 0 heteroatoms. The topological polar surface area (TPSA) is 0 Å². The Morgan fingerprint density at radius 1 is 0.0781 bits per heavy atom. The summed E-state index contributed by atoms with van der Waals surface area (Å²) in [5, 5.41) is 35.9. The van der Waals surface area contributed by atoms with Crippen molar-refractivity contribution < 1.29 is 0 Å². The highest BCUT2D eigenvalue weighted by atomic mass is 14.3. The Hall–Kier alpha value is -16.6. The van der Waals surface area contributed by atoms with E-state index in [4.69, 9.17) is 0 Å². The molecule has 0 unspecified atom stereocenters. The van der Waals surface area contributed by atoms with E-state index in [1.54, 1.807) is 0 Å². The fourth-order valence-electron chi connectivity index (χ4n) is 20.9. The van der Waals surface area contributed by atoms with Crippen LogP contribution in [0.4, 0.5) is 0 Å². The molecule has 0 nitrogen and oxygen atoms in total. The van der Waals surface area contributed by atoms with Gasteiger partial charge in [-0.15, -0.1) is 0 Å². The Balaban J connectivity index is 0.000000107. The molecule has 0 aliphatic heterocycles. The molecule has 26 aromatic carbocycles. The molecule has 0 fully saturated rings. The molecule has 0 atom stereocenters. The van der Waals surface area contributed by atoms with Gasteiger partial charge >= 0.3 is 0 Å². The maximum absolute atomic E-state index is 2.39. The van der Waals surface area contributed by atoms with Gasteiger partial charge in [0.15, 0.2) is 0 Å². The van der Waals surface area contributed by atoms with Crippen LogP contribution in [0.2, 0.25) is 0 Å². The van der Waals surface area contributed by atoms with Crippen molar-refractivity contribution in [1.29, 1.82) is 0 Å². The lowest BCUT2D eigenvalue weighted by Crippen LogP contribution is -1.92. The molecule has 0 heterocycles. The van der Waals surface area contributed by atoms with Crippen LogP contribution in [-0.4, -0.2) is 0 Å². The lowest BCUT2D eigenvalue weighted by molar-refractivity contribution is 1.63. The van der Waals surface area contributed by atoms with Gasteiger partial charge in [-0.25, -0.2) is 0 Å². The summed E-state index contributed by atoms with van der Waals surface area (Å²) in [6, 6.07) is 182. The molecule has 0 radical (unpaired) electrons. The van der Waals surface area contributed by atoms with Gasteiger partial charge in [0.25, 0.3) is 0 Å². The summed E-state index contributed by atoms with van der Waals surface area (Å²) in [5.74, 6) is 0. The molecule has 26 aromatic rings. The van der Waals surface area contributed by atoms with Crippen LogP contribution in [0.25, 0.3) is 251 Å². The summed E-state index contributed by atoms with van der Waals surface area (Å²) in [7, 11) is 0. The fourth-order valence-corrected chi connectivity index (χ4v) is 20.9.